The third kappa shape index (κ3) is 2.86. The van der Waals surface area contributed by atoms with Crippen LogP contribution in [0.4, 0.5) is 0 Å². The van der Waals surface area contributed by atoms with Crippen molar-refractivity contribution in [1.82, 2.24) is 9.78 Å². The molecule has 0 aliphatic rings. The second-order valence-corrected chi connectivity index (χ2v) is 5.13. The molecule has 0 amide bonds. The van der Waals surface area contributed by atoms with Gasteiger partial charge in [0.1, 0.15) is 5.15 Å². The van der Waals surface area contributed by atoms with Gasteiger partial charge in [-0.25, -0.2) is 4.68 Å². The van der Waals surface area contributed by atoms with Gasteiger partial charge in [0.15, 0.2) is 0 Å². The molecular formula is C12H8Cl3N2O2-. The first kappa shape index (κ1) is 14.2. The standard InChI is InChI=1S/C12H9Cl3N2O2/c1-6-10(12(18)19)11(15)17(16-6)5-7-2-3-8(13)4-9(7)14/h2-4H,5H2,1H3,(H,18,19)/p-1. The van der Waals surface area contributed by atoms with Crippen LogP contribution in [0.15, 0.2) is 18.2 Å². The zero-order valence-corrected chi connectivity index (χ0v) is 12.1. The van der Waals surface area contributed by atoms with Crippen molar-refractivity contribution in [2.75, 3.05) is 0 Å². The van der Waals surface area contributed by atoms with Gasteiger partial charge in [0.2, 0.25) is 0 Å². The van der Waals surface area contributed by atoms with E-state index in [1.165, 1.54) is 4.68 Å². The lowest BCUT2D eigenvalue weighted by Crippen LogP contribution is -2.23. The molecule has 0 fully saturated rings. The third-order valence-corrected chi connectivity index (χ3v) is 3.58. The number of nitrogens with zero attached hydrogens (tertiary/aromatic N) is 2. The molecule has 0 atom stereocenters. The average molecular weight is 319 g/mol. The Morgan fingerprint density at radius 3 is 2.58 bits per heavy atom. The maximum atomic E-state index is 10.9. The molecule has 100 valence electrons. The normalized spacial score (nSPS) is 10.7. The Bertz CT molecular complexity index is 653. The molecule has 0 N–H and O–H groups in total. The van der Waals surface area contributed by atoms with Crippen molar-refractivity contribution in [3.63, 3.8) is 0 Å². The van der Waals surface area contributed by atoms with Gasteiger partial charge >= 0.3 is 0 Å². The van der Waals surface area contributed by atoms with Crippen LogP contribution in [0, 0.1) is 6.92 Å². The van der Waals surface area contributed by atoms with Crippen molar-refractivity contribution < 1.29 is 9.90 Å². The summed E-state index contributed by atoms with van der Waals surface area (Å²) in [7, 11) is 0. The van der Waals surface area contributed by atoms with Crippen molar-refractivity contribution in [2.24, 2.45) is 0 Å². The van der Waals surface area contributed by atoms with E-state index < -0.39 is 5.97 Å². The zero-order chi connectivity index (χ0) is 14.2. The van der Waals surface area contributed by atoms with E-state index in [-0.39, 0.29) is 17.3 Å². The number of carboxylic acid groups (broad SMARTS) is 1. The quantitative estimate of drug-likeness (QED) is 0.874. The summed E-state index contributed by atoms with van der Waals surface area (Å²) in [5.41, 5.74) is 0.933. The SMILES string of the molecule is Cc1nn(Cc2ccc(Cl)cc2Cl)c(Cl)c1C(=O)[O-]. The predicted octanol–water partition coefficient (Wildman–Crippen LogP) is 2.56. The van der Waals surface area contributed by atoms with Crippen LogP contribution in [0.1, 0.15) is 21.6 Å². The van der Waals surface area contributed by atoms with Gasteiger partial charge in [-0.15, -0.1) is 0 Å². The van der Waals surface area contributed by atoms with Gasteiger partial charge < -0.3 is 9.90 Å². The Morgan fingerprint density at radius 2 is 2.05 bits per heavy atom. The Balaban J connectivity index is 2.39. The minimum absolute atomic E-state index is 0.0171. The molecule has 4 nitrogen and oxygen atoms in total. The van der Waals surface area contributed by atoms with Crippen molar-refractivity contribution >= 4 is 40.8 Å². The van der Waals surface area contributed by atoms with Crippen LogP contribution in [-0.4, -0.2) is 15.7 Å². The molecule has 0 spiro atoms. The summed E-state index contributed by atoms with van der Waals surface area (Å²) in [6, 6.07) is 5.02. The smallest absolute Gasteiger partial charge is 0.136 e. The molecule has 0 unspecified atom stereocenters. The number of hydrogen-bond donors (Lipinski definition) is 0. The summed E-state index contributed by atoms with van der Waals surface area (Å²) in [5, 5.41) is 16.0. The van der Waals surface area contributed by atoms with E-state index in [0.717, 1.165) is 5.56 Å². The van der Waals surface area contributed by atoms with Crippen molar-refractivity contribution in [3.8, 4) is 0 Å². The summed E-state index contributed by atoms with van der Waals surface area (Å²) in [6.07, 6.45) is 0. The molecule has 0 aliphatic heterocycles. The zero-order valence-electron chi connectivity index (χ0n) is 9.78. The highest BCUT2D eigenvalue weighted by molar-refractivity contribution is 6.35. The molecule has 0 aliphatic carbocycles. The van der Waals surface area contributed by atoms with Crippen LogP contribution >= 0.6 is 34.8 Å². The summed E-state index contributed by atoms with van der Waals surface area (Å²) < 4.78 is 1.36. The summed E-state index contributed by atoms with van der Waals surface area (Å²) in [4.78, 5) is 10.9. The largest absolute Gasteiger partial charge is 0.545 e. The van der Waals surface area contributed by atoms with Gasteiger partial charge in [-0.3, -0.25) is 0 Å². The van der Waals surface area contributed by atoms with E-state index in [2.05, 4.69) is 5.10 Å². The number of halogens is 3. The lowest BCUT2D eigenvalue weighted by Gasteiger charge is -2.07. The number of rotatable bonds is 3. The van der Waals surface area contributed by atoms with Crippen LogP contribution in [0.3, 0.4) is 0 Å². The topological polar surface area (TPSA) is 58.0 Å². The number of benzene rings is 1. The van der Waals surface area contributed by atoms with Gasteiger partial charge in [-0.2, -0.15) is 5.10 Å². The lowest BCUT2D eigenvalue weighted by atomic mass is 10.2. The molecule has 2 rings (SSSR count). The monoisotopic (exact) mass is 317 g/mol. The number of aromatic carboxylic acids is 1. The third-order valence-electron chi connectivity index (χ3n) is 2.60. The van der Waals surface area contributed by atoms with Crippen molar-refractivity contribution in [2.45, 2.75) is 13.5 Å². The number of hydrogen-bond acceptors (Lipinski definition) is 3. The highest BCUT2D eigenvalue weighted by atomic mass is 35.5. The fourth-order valence-corrected chi connectivity index (χ4v) is 2.48. The first-order valence-electron chi connectivity index (χ1n) is 5.28. The van der Waals surface area contributed by atoms with E-state index >= 15 is 0 Å². The molecule has 19 heavy (non-hydrogen) atoms. The number of carbonyl (C=O) groups excluding carboxylic acids is 1. The van der Waals surface area contributed by atoms with Crippen molar-refractivity contribution in [3.05, 3.63) is 50.2 Å². The first-order chi connectivity index (χ1) is 8.90. The molecule has 0 saturated carbocycles. The van der Waals surface area contributed by atoms with Gasteiger partial charge in [0.25, 0.3) is 0 Å². The second-order valence-electron chi connectivity index (χ2n) is 3.93. The van der Waals surface area contributed by atoms with E-state index in [0.29, 0.717) is 15.7 Å². The van der Waals surface area contributed by atoms with Crippen molar-refractivity contribution in [1.29, 1.82) is 0 Å². The minimum Gasteiger partial charge on any atom is -0.545 e. The molecule has 1 aromatic heterocycles. The van der Waals surface area contributed by atoms with E-state index in [1.54, 1.807) is 25.1 Å². The van der Waals surface area contributed by atoms with Gasteiger partial charge in [0.05, 0.1) is 23.8 Å². The first-order valence-corrected chi connectivity index (χ1v) is 6.41. The van der Waals surface area contributed by atoms with Gasteiger partial charge in [0, 0.05) is 10.0 Å². The average Bonchev–Trinajstić information content (AvgIpc) is 2.58. The number of aryl methyl sites for hydroxylation is 1. The van der Waals surface area contributed by atoms with Gasteiger partial charge in [-0.05, 0) is 24.6 Å². The molecule has 1 heterocycles. The number of carbonyl (C=O) groups is 1. The number of carboxylic acids is 1. The molecular weight excluding hydrogens is 311 g/mol. The summed E-state index contributed by atoms with van der Waals surface area (Å²) in [6.45, 7) is 1.81. The fraction of sp³-hybridized carbons (Fsp3) is 0.167. The minimum atomic E-state index is -1.35. The Hall–Kier alpha value is -1.23. The molecule has 0 bridgehead atoms. The Kier molecular flexibility index (Phi) is 4.04. The van der Waals surface area contributed by atoms with Crippen LogP contribution in [0.2, 0.25) is 15.2 Å². The molecule has 2 aromatic rings. The highest BCUT2D eigenvalue weighted by Crippen LogP contribution is 2.25. The van der Waals surface area contributed by atoms with Crippen LogP contribution in [0.25, 0.3) is 0 Å². The Morgan fingerprint density at radius 1 is 1.37 bits per heavy atom. The molecule has 1 aromatic carbocycles. The predicted molar refractivity (Wildman–Crippen MR) is 71.9 cm³/mol. The second kappa shape index (κ2) is 5.41. The molecule has 7 heteroatoms. The highest BCUT2D eigenvalue weighted by Gasteiger charge is 2.15. The van der Waals surface area contributed by atoms with Gasteiger partial charge in [-0.1, -0.05) is 40.9 Å². The van der Waals surface area contributed by atoms with Crippen LogP contribution < -0.4 is 5.11 Å². The van der Waals surface area contributed by atoms with E-state index in [4.69, 9.17) is 34.8 Å². The summed E-state index contributed by atoms with van der Waals surface area (Å²) in [5.74, 6) is -1.35. The van der Waals surface area contributed by atoms with Crippen LogP contribution in [-0.2, 0) is 6.54 Å². The van der Waals surface area contributed by atoms with E-state index in [9.17, 15) is 9.90 Å². The Labute approximate surface area is 124 Å². The lowest BCUT2D eigenvalue weighted by molar-refractivity contribution is -0.255. The summed E-state index contributed by atoms with van der Waals surface area (Å²) >= 11 is 17.8. The maximum Gasteiger partial charge on any atom is 0.136 e. The fourth-order valence-electron chi connectivity index (χ4n) is 1.70. The maximum absolute atomic E-state index is 10.9. The molecule has 0 radical (unpaired) electrons. The molecule has 0 saturated heterocycles. The number of aromatic nitrogens is 2. The van der Waals surface area contributed by atoms with E-state index in [1.807, 2.05) is 0 Å². The van der Waals surface area contributed by atoms with Crippen LogP contribution in [0.5, 0.6) is 0 Å².